The van der Waals surface area contributed by atoms with Gasteiger partial charge in [0.05, 0.1) is 26.7 Å². The Morgan fingerprint density at radius 2 is 2.00 bits per heavy atom. The van der Waals surface area contributed by atoms with Gasteiger partial charge in [-0.1, -0.05) is 6.58 Å². The Morgan fingerprint density at radius 1 is 1.58 bits per heavy atom. The molecule has 0 N–H and O–H groups in total. The number of rotatable bonds is 2. The molecule has 0 aromatic heterocycles. The summed E-state index contributed by atoms with van der Waals surface area (Å²) in [5.74, 6) is 0. The minimum absolute atomic E-state index is 0.250. The molecule has 2 radical (unpaired) electrons. The maximum atomic E-state index is 8.58. The van der Waals surface area contributed by atoms with Gasteiger partial charge in [0.25, 0.3) is 0 Å². The predicted molar refractivity (Wildman–Crippen MR) is 52.4 cm³/mol. The van der Waals surface area contributed by atoms with Gasteiger partial charge in [0, 0.05) is 12.8 Å². The Morgan fingerprint density at radius 3 is 2.33 bits per heavy atom. The monoisotopic (exact) mass is 164 g/mol. The van der Waals surface area contributed by atoms with E-state index < -0.39 is 0 Å². The van der Waals surface area contributed by atoms with E-state index in [-0.39, 0.29) is 7.04 Å². The molecule has 0 atom stereocenters. The van der Waals surface area contributed by atoms with E-state index in [0.717, 1.165) is 6.54 Å². The first kappa shape index (κ1) is 11.6. The molecule has 64 valence electrons. The fraction of sp³-hybridized carbons (Fsp3) is 0.750. The molecule has 4 heteroatoms. The molecule has 1 fully saturated rings. The average Bonchev–Trinajstić information content (AvgIpc) is 2.38. The van der Waals surface area contributed by atoms with E-state index in [4.69, 9.17) is 4.70 Å². The van der Waals surface area contributed by atoms with Crippen molar-refractivity contribution in [2.24, 2.45) is 0 Å². The molecule has 1 aliphatic heterocycles. The van der Waals surface area contributed by atoms with Crippen molar-refractivity contribution >= 4 is 14.8 Å². The van der Waals surface area contributed by atoms with Crippen molar-refractivity contribution in [3.05, 3.63) is 12.7 Å². The van der Waals surface area contributed by atoms with Crippen molar-refractivity contribution in [1.82, 2.24) is 0 Å². The van der Waals surface area contributed by atoms with Crippen LogP contribution in [0.15, 0.2) is 12.7 Å². The quantitative estimate of drug-likeness (QED) is 0.330. The van der Waals surface area contributed by atoms with E-state index in [0.29, 0.717) is 0 Å². The van der Waals surface area contributed by atoms with Crippen LogP contribution in [0, 0.1) is 0 Å². The van der Waals surface area contributed by atoms with E-state index in [9.17, 15) is 0 Å². The van der Waals surface area contributed by atoms with Crippen molar-refractivity contribution in [3.8, 4) is 0 Å². The van der Waals surface area contributed by atoms with Gasteiger partial charge in [-0.2, -0.15) is 0 Å². The molecule has 1 aliphatic rings. The van der Waals surface area contributed by atoms with Crippen LogP contribution < -0.4 is 0 Å². The fourth-order valence-electron chi connectivity index (χ4n) is 1.59. The Kier molecular flexibility index (Phi) is 5.99. The van der Waals surface area contributed by atoms with Crippen LogP contribution >= 0.6 is 0 Å². The molecular weight excluding hydrogens is 148 g/mol. The number of hydrogen-bond donors (Lipinski definition) is 0. The summed E-state index contributed by atoms with van der Waals surface area (Å²) >= 11 is 0. The van der Waals surface area contributed by atoms with E-state index in [2.05, 4.69) is 21.4 Å². The zero-order valence-corrected chi connectivity index (χ0v) is 7.83. The Labute approximate surface area is 76.9 Å². The van der Waals surface area contributed by atoms with Crippen LogP contribution in [-0.4, -0.2) is 45.9 Å². The molecule has 0 aromatic rings. The number of likely N-dealkylation sites (N-methyl/N-ethyl adjacent to an activating group) is 1. The second kappa shape index (κ2) is 6.18. The standard InChI is InChI=1S/C8H16N.B2O/c1-3-6-9(2)7-4-5-8-9;1-2-3/h3H,1,4-8H2,2H3;/q+1;. The molecule has 0 unspecified atom stereocenters. The summed E-state index contributed by atoms with van der Waals surface area (Å²) in [5, 5.41) is 0. The fourth-order valence-corrected chi connectivity index (χ4v) is 1.59. The number of hydrogen-bond acceptors (Lipinski definition) is 1. The number of nitrogens with zero attached hydrogens (tertiary/aromatic N) is 1. The van der Waals surface area contributed by atoms with Crippen LogP contribution in [0.2, 0.25) is 0 Å². The first-order valence-electron chi connectivity index (χ1n) is 4.28. The van der Waals surface area contributed by atoms with Gasteiger partial charge in [-0.05, 0) is 6.08 Å². The molecule has 2 nitrogen and oxygen atoms in total. The first-order valence-corrected chi connectivity index (χ1v) is 4.28. The summed E-state index contributed by atoms with van der Waals surface area (Å²) in [5.41, 5.74) is 0. The summed E-state index contributed by atoms with van der Waals surface area (Å²) < 4.78 is 9.81. The second-order valence-corrected chi connectivity index (χ2v) is 3.38. The van der Waals surface area contributed by atoms with Crippen LogP contribution in [0.5, 0.6) is 0 Å². The van der Waals surface area contributed by atoms with Gasteiger partial charge in [-0.15, -0.1) is 0 Å². The predicted octanol–water partition coefficient (Wildman–Crippen LogP) is 0.532. The second-order valence-electron chi connectivity index (χ2n) is 3.38. The van der Waals surface area contributed by atoms with Gasteiger partial charge in [-0.25, -0.2) is 0 Å². The molecule has 12 heavy (non-hydrogen) atoms. The van der Waals surface area contributed by atoms with Crippen LogP contribution in [-0.2, 0) is 4.70 Å². The first-order chi connectivity index (χ1) is 5.68. The third kappa shape index (κ3) is 4.50. The Balaban J connectivity index is 0.000000354. The molecule has 0 saturated carbocycles. The molecule has 0 amide bonds. The summed E-state index contributed by atoms with van der Waals surface area (Å²) in [6, 6.07) is 0. The number of likely N-dealkylation sites (tertiary alicyclic amines) is 1. The van der Waals surface area contributed by atoms with Crippen LogP contribution in [0.4, 0.5) is 0 Å². The summed E-state index contributed by atoms with van der Waals surface area (Å²) in [7, 11) is 6.73. The molecule has 1 heterocycles. The molecule has 0 spiro atoms. The van der Waals surface area contributed by atoms with Gasteiger partial charge in [-0.3, -0.25) is 0 Å². The van der Waals surface area contributed by atoms with Crippen LogP contribution in [0.1, 0.15) is 12.8 Å². The summed E-state index contributed by atoms with van der Waals surface area (Å²) in [4.78, 5) is 0. The normalized spacial score (nSPS) is 18.8. The van der Waals surface area contributed by atoms with Crippen molar-refractivity contribution < 1.29 is 9.19 Å². The van der Waals surface area contributed by atoms with Crippen molar-refractivity contribution in [2.45, 2.75) is 12.8 Å². The van der Waals surface area contributed by atoms with Crippen LogP contribution in [0.3, 0.4) is 0 Å². The van der Waals surface area contributed by atoms with Crippen molar-refractivity contribution in [3.63, 3.8) is 0 Å². The van der Waals surface area contributed by atoms with E-state index in [1.54, 1.807) is 0 Å². The van der Waals surface area contributed by atoms with Gasteiger partial charge >= 0.3 is 19.5 Å². The zero-order chi connectivity index (χ0) is 9.45. The maximum absolute atomic E-state index is 8.58. The molecule has 1 rings (SSSR count). The van der Waals surface area contributed by atoms with Gasteiger partial charge < -0.3 is 4.48 Å². The molecule has 0 aromatic carbocycles. The van der Waals surface area contributed by atoms with E-state index in [1.807, 2.05) is 6.08 Å². The van der Waals surface area contributed by atoms with Gasteiger partial charge in [0.15, 0.2) is 0 Å². The van der Waals surface area contributed by atoms with E-state index in [1.165, 1.54) is 30.4 Å². The number of quaternary nitrogens is 1. The zero-order valence-electron chi connectivity index (χ0n) is 7.83. The average molecular weight is 164 g/mol. The van der Waals surface area contributed by atoms with Gasteiger partial charge in [0.2, 0.25) is 0 Å². The Bertz CT molecular complexity index is 144. The molecule has 0 bridgehead atoms. The minimum atomic E-state index is 0.250. The topological polar surface area (TPSA) is 17.1 Å². The summed E-state index contributed by atoms with van der Waals surface area (Å²) in [6.45, 7) is 7.61. The Hall–Kier alpha value is -0.370. The molecular formula is C8H16B2NO+. The molecule has 1 saturated heterocycles. The van der Waals surface area contributed by atoms with Gasteiger partial charge in [0.1, 0.15) is 0 Å². The summed E-state index contributed by atoms with van der Waals surface area (Å²) in [6.07, 6.45) is 4.85. The van der Waals surface area contributed by atoms with E-state index >= 15 is 0 Å². The van der Waals surface area contributed by atoms with Crippen molar-refractivity contribution in [1.29, 1.82) is 0 Å². The molecule has 0 aliphatic carbocycles. The third-order valence-corrected chi connectivity index (χ3v) is 2.22. The SMILES string of the molecule is C=CC[N+]1(C)CCCC1.[B]B=O. The van der Waals surface area contributed by atoms with Crippen molar-refractivity contribution in [2.75, 3.05) is 26.7 Å². The van der Waals surface area contributed by atoms with Crippen LogP contribution in [0.25, 0.3) is 0 Å². The third-order valence-electron chi connectivity index (χ3n) is 2.22.